The van der Waals surface area contributed by atoms with Crippen LogP contribution in [0.25, 0.3) is 0 Å². The SMILES string of the molecule is Cn1nc(C(F)(F)F)c(CS(=O)(=O)C2=NOC(C)(C)C2)c1C(F)F. The summed E-state index contributed by atoms with van der Waals surface area (Å²) >= 11 is 0. The van der Waals surface area contributed by atoms with E-state index in [2.05, 4.69) is 10.3 Å². The summed E-state index contributed by atoms with van der Waals surface area (Å²) < 4.78 is 90.1. The minimum atomic E-state index is -5.07. The molecule has 0 bridgehead atoms. The van der Waals surface area contributed by atoms with Crippen LogP contribution in [0.4, 0.5) is 22.0 Å². The molecular formula is C12H14F5N3O3S. The second kappa shape index (κ2) is 5.67. The van der Waals surface area contributed by atoms with Crippen LogP contribution in [-0.4, -0.2) is 28.8 Å². The first-order valence-corrected chi connectivity index (χ1v) is 8.29. The lowest BCUT2D eigenvalue weighted by atomic mass is 10.1. The molecule has 2 rings (SSSR count). The van der Waals surface area contributed by atoms with E-state index >= 15 is 0 Å². The Morgan fingerprint density at radius 1 is 1.33 bits per heavy atom. The third kappa shape index (κ3) is 3.52. The van der Waals surface area contributed by atoms with Gasteiger partial charge in [-0.1, -0.05) is 5.16 Å². The van der Waals surface area contributed by atoms with Crippen molar-refractivity contribution in [1.82, 2.24) is 9.78 Å². The summed E-state index contributed by atoms with van der Waals surface area (Å²) in [4.78, 5) is 4.87. The Kier molecular flexibility index (Phi) is 4.40. The van der Waals surface area contributed by atoms with Gasteiger partial charge in [-0.15, -0.1) is 0 Å². The molecule has 6 nitrogen and oxygen atoms in total. The molecule has 0 unspecified atom stereocenters. The van der Waals surface area contributed by atoms with E-state index in [9.17, 15) is 30.4 Å². The van der Waals surface area contributed by atoms with Crippen LogP contribution in [0.5, 0.6) is 0 Å². The minimum absolute atomic E-state index is 0.166. The van der Waals surface area contributed by atoms with Gasteiger partial charge in [0.1, 0.15) is 11.3 Å². The summed E-state index contributed by atoms with van der Waals surface area (Å²) in [6.07, 6.45) is -8.55. The van der Waals surface area contributed by atoms with Crippen LogP contribution in [0, 0.1) is 0 Å². The van der Waals surface area contributed by atoms with E-state index in [1.54, 1.807) is 0 Å². The quantitative estimate of drug-likeness (QED) is 0.762. The van der Waals surface area contributed by atoms with Crippen LogP contribution >= 0.6 is 0 Å². The van der Waals surface area contributed by atoms with E-state index in [0.717, 1.165) is 7.05 Å². The topological polar surface area (TPSA) is 73.5 Å². The summed E-state index contributed by atoms with van der Waals surface area (Å²) in [7, 11) is -3.48. The lowest BCUT2D eigenvalue weighted by molar-refractivity contribution is -0.141. The first kappa shape index (κ1) is 18.6. The first-order chi connectivity index (χ1) is 10.7. The number of alkyl halides is 5. The van der Waals surface area contributed by atoms with Crippen molar-refractivity contribution < 1.29 is 35.2 Å². The van der Waals surface area contributed by atoms with Crippen molar-refractivity contribution in [1.29, 1.82) is 0 Å². The van der Waals surface area contributed by atoms with Gasteiger partial charge in [0, 0.05) is 19.0 Å². The van der Waals surface area contributed by atoms with Crippen molar-refractivity contribution in [3.05, 3.63) is 17.0 Å². The number of aryl methyl sites for hydroxylation is 1. The second-order valence-electron chi connectivity index (χ2n) is 5.91. The fraction of sp³-hybridized carbons (Fsp3) is 0.667. The molecular weight excluding hydrogens is 361 g/mol. The molecule has 0 N–H and O–H groups in total. The highest BCUT2D eigenvalue weighted by Gasteiger charge is 2.43. The standard InChI is InChI=1S/C12H14F5N3O3S/c1-11(2)4-7(19-23-11)24(21,22)5-6-8(10(13)14)20(3)18-9(6)12(15,16)17/h10H,4-5H2,1-3H3. The van der Waals surface area contributed by atoms with Gasteiger partial charge in [-0.3, -0.25) is 4.68 Å². The Labute approximate surface area is 134 Å². The maximum atomic E-state index is 13.1. The zero-order valence-corrected chi connectivity index (χ0v) is 13.7. The Morgan fingerprint density at radius 3 is 2.33 bits per heavy atom. The van der Waals surface area contributed by atoms with Crippen LogP contribution < -0.4 is 0 Å². The van der Waals surface area contributed by atoms with Crippen molar-refractivity contribution in [3.8, 4) is 0 Å². The molecule has 0 saturated heterocycles. The van der Waals surface area contributed by atoms with Crippen LogP contribution in [0.3, 0.4) is 0 Å². The van der Waals surface area contributed by atoms with Gasteiger partial charge in [-0.2, -0.15) is 18.3 Å². The lowest BCUT2D eigenvalue weighted by Crippen LogP contribution is -2.24. The smallest absolute Gasteiger partial charge is 0.389 e. The van der Waals surface area contributed by atoms with Gasteiger partial charge >= 0.3 is 6.18 Å². The molecule has 1 aliphatic rings. The second-order valence-corrected chi connectivity index (χ2v) is 7.90. The minimum Gasteiger partial charge on any atom is -0.389 e. The highest BCUT2D eigenvalue weighted by molar-refractivity contribution is 8.05. The van der Waals surface area contributed by atoms with E-state index in [-0.39, 0.29) is 6.42 Å². The Hall–Kier alpha value is -1.72. The summed E-state index contributed by atoms with van der Waals surface area (Å²) in [6.45, 7) is 3.07. The molecule has 0 aromatic carbocycles. The molecule has 1 aromatic rings. The Balaban J connectivity index is 2.49. The van der Waals surface area contributed by atoms with Crippen molar-refractivity contribution >= 4 is 14.9 Å². The van der Waals surface area contributed by atoms with Crippen molar-refractivity contribution in [3.63, 3.8) is 0 Å². The van der Waals surface area contributed by atoms with Crippen molar-refractivity contribution in [2.45, 2.75) is 44.2 Å². The average molecular weight is 375 g/mol. The van der Waals surface area contributed by atoms with Crippen LogP contribution in [0.15, 0.2) is 5.16 Å². The van der Waals surface area contributed by atoms with E-state index in [1.165, 1.54) is 13.8 Å². The first-order valence-electron chi connectivity index (χ1n) is 6.63. The number of hydrogen-bond acceptors (Lipinski definition) is 5. The molecule has 0 radical (unpaired) electrons. The van der Waals surface area contributed by atoms with Gasteiger partial charge in [0.2, 0.25) is 0 Å². The van der Waals surface area contributed by atoms with Gasteiger partial charge in [0.25, 0.3) is 6.43 Å². The molecule has 0 atom stereocenters. The number of sulfone groups is 1. The van der Waals surface area contributed by atoms with Gasteiger partial charge in [-0.05, 0) is 13.8 Å². The van der Waals surface area contributed by atoms with Gasteiger partial charge in [0.05, 0.1) is 5.75 Å². The van der Waals surface area contributed by atoms with Crippen molar-refractivity contribution in [2.24, 2.45) is 12.2 Å². The number of halogens is 5. The number of nitrogens with zero attached hydrogens (tertiary/aromatic N) is 3. The van der Waals surface area contributed by atoms with Crippen LogP contribution in [-0.2, 0) is 33.7 Å². The third-order valence-electron chi connectivity index (χ3n) is 3.33. The average Bonchev–Trinajstić information content (AvgIpc) is 2.89. The van der Waals surface area contributed by atoms with E-state index in [1.807, 2.05) is 0 Å². The summed E-state index contributed by atoms with van der Waals surface area (Å²) in [5.74, 6) is -1.28. The lowest BCUT2D eigenvalue weighted by Gasteiger charge is -2.13. The largest absolute Gasteiger partial charge is 0.435 e. The fourth-order valence-electron chi connectivity index (χ4n) is 2.27. The Bertz CT molecular complexity index is 781. The molecule has 0 spiro atoms. The summed E-state index contributed by atoms with van der Waals surface area (Å²) in [5, 5.41) is 5.90. The molecule has 0 fully saturated rings. The normalized spacial score (nSPS) is 18.0. The third-order valence-corrected chi connectivity index (χ3v) is 4.94. The predicted octanol–water partition coefficient (Wildman–Crippen LogP) is 2.80. The number of aromatic nitrogens is 2. The molecule has 1 aliphatic heterocycles. The molecule has 136 valence electrons. The zero-order valence-electron chi connectivity index (χ0n) is 12.9. The molecule has 0 amide bonds. The predicted molar refractivity (Wildman–Crippen MR) is 73.0 cm³/mol. The fourth-order valence-corrected chi connectivity index (χ4v) is 3.82. The summed E-state index contributed by atoms with van der Waals surface area (Å²) in [5.41, 5.74) is -4.75. The van der Waals surface area contributed by atoms with E-state index < -0.39 is 55.8 Å². The zero-order chi connectivity index (χ0) is 18.5. The van der Waals surface area contributed by atoms with Crippen molar-refractivity contribution in [2.75, 3.05) is 0 Å². The van der Waals surface area contributed by atoms with Crippen LogP contribution in [0.2, 0.25) is 0 Å². The van der Waals surface area contributed by atoms with Gasteiger partial charge in [-0.25, -0.2) is 17.2 Å². The van der Waals surface area contributed by atoms with E-state index in [0.29, 0.717) is 4.68 Å². The number of oxime groups is 1. The van der Waals surface area contributed by atoms with Gasteiger partial charge < -0.3 is 4.84 Å². The van der Waals surface area contributed by atoms with Crippen LogP contribution in [0.1, 0.15) is 43.6 Å². The highest BCUT2D eigenvalue weighted by Crippen LogP contribution is 2.37. The molecule has 2 heterocycles. The number of rotatable bonds is 3. The monoisotopic (exact) mass is 375 g/mol. The molecule has 12 heteroatoms. The maximum Gasteiger partial charge on any atom is 0.435 e. The summed E-state index contributed by atoms with van der Waals surface area (Å²) in [6, 6.07) is 0. The maximum absolute atomic E-state index is 13.1. The number of hydrogen-bond donors (Lipinski definition) is 0. The molecule has 0 aliphatic carbocycles. The highest BCUT2D eigenvalue weighted by atomic mass is 32.2. The molecule has 0 saturated carbocycles. The molecule has 24 heavy (non-hydrogen) atoms. The van der Waals surface area contributed by atoms with E-state index in [4.69, 9.17) is 4.84 Å². The van der Waals surface area contributed by atoms with Gasteiger partial charge in [0.15, 0.2) is 20.6 Å². The Morgan fingerprint density at radius 2 is 1.92 bits per heavy atom. The molecule has 1 aromatic heterocycles.